The maximum Gasteiger partial charge on any atom is 0.303 e. The van der Waals surface area contributed by atoms with E-state index >= 15 is 0 Å². The summed E-state index contributed by atoms with van der Waals surface area (Å²) in [5, 5.41) is 8.97. The number of allylic oxidation sites excluding steroid dienone is 2. The number of rotatable bonds is 9. The Kier molecular flexibility index (Phi) is 7.47. The summed E-state index contributed by atoms with van der Waals surface area (Å²) in [6, 6.07) is 6.17. The summed E-state index contributed by atoms with van der Waals surface area (Å²) in [6.07, 6.45) is 6.46. The Morgan fingerprint density at radius 2 is 1.71 bits per heavy atom. The molecule has 1 rings (SSSR count). The number of hydrogen-bond acceptors (Lipinski definition) is 3. The van der Waals surface area contributed by atoms with Crippen molar-refractivity contribution in [2.24, 2.45) is 0 Å². The van der Waals surface area contributed by atoms with Crippen LogP contribution in [0.2, 0.25) is 5.02 Å². The molecule has 1 N–H and O–H groups in total. The lowest BCUT2D eigenvalue weighted by atomic mass is 10.2. The van der Waals surface area contributed by atoms with Crippen molar-refractivity contribution in [1.82, 2.24) is 0 Å². The molecular weight excluding hydrogens is 312 g/mol. The molecule has 0 aromatic heterocycles. The largest absolute Gasteiger partial charge is 0.481 e. The molecule has 116 valence electrons. The minimum Gasteiger partial charge on any atom is -0.481 e. The van der Waals surface area contributed by atoms with Crippen LogP contribution in [0, 0.1) is 0 Å². The molecule has 6 heteroatoms. The summed E-state index contributed by atoms with van der Waals surface area (Å²) in [5.41, 5.74) is 0. The number of carbonyl (C=O) groups is 1. The van der Waals surface area contributed by atoms with E-state index in [1.54, 1.807) is 12.1 Å². The Bertz CT molecular complexity index is 576. The Morgan fingerprint density at radius 3 is 2.33 bits per heavy atom. The predicted molar refractivity (Wildman–Crippen MR) is 83.4 cm³/mol. The molecule has 0 fully saturated rings. The molecule has 21 heavy (non-hydrogen) atoms. The van der Waals surface area contributed by atoms with Crippen molar-refractivity contribution >= 4 is 27.4 Å². The van der Waals surface area contributed by atoms with Gasteiger partial charge in [0.1, 0.15) is 0 Å². The first-order valence-corrected chi connectivity index (χ1v) is 8.80. The van der Waals surface area contributed by atoms with Gasteiger partial charge in [-0.1, -0.05) is 23.8 Å². The maximum absolute atomic E-state index is 12.0. The summed E-state index contributed by atoms with van der Waals surface area (Å²) in [7, 11) is -3.25. The van der Waals surface area contributed by atoms with Gasteiger partial charge in [-0.3, -0.25) is 4.79 Å². The van der Waals surface area contributed by atoms with E-state index in [1.165, 1.54) is 12.1 Å². The normalized spacial score (nSPS) is 11.9. The van der Waals surface area contributed by atoms with E-state index in [0.29, 0.717) is 22.8 Å². The summed E-state index contributed by atoms with van der Waals surface area (Å²) < 4.78 is 24.1. The van der Waals surface area contributed by atoms with Crippen LogP contribution >= 0.6 is 11.6 Å². The van der Waals surface area contributed by atoms with E-state index in [9.17, 15) is 13.2 Å². The molecule has 0 saturated heterocycles. The topological polar surface area (TPSA) is 71.4 Å². The lowest BCUT2D eigenvalue weighted by Crippen LogP contribution is -2.06. The van der Waals surface area contributed by atoms with Gasteiger partial charge in [-0.2, -0.15) is 0 Å². The molecule has 0 aliphatic heterocycles. The monoisotopic (exact) mass is 330 g/mol. The van der Waals surface area contributed by atoms with Crippen LogP contribution in [0.5, 0.6) is 0 Å². The lowest BCUT2D eigenvalue weighted by molar-refractivity contribution is -0.136. The third-order valence-electron chi connectivity index (χ3n) is 2.90. The summed E-state index contributed by atoms with van der Waals surface area (Å²) in [5.74, 6) is -0.703. The van der Waals surface area contributed by atoms with Crippen LogP contribution in [0.3, 0.4) is 0 Å². The Balaban J connectivity index is 2.28. The molecule has 0 heterocycles. The number of carboxylic acid groups (broad SMARTS) is 1. The molecule has 0 amide bonds. The van der Waals surface area contributed by atoms with E-state index in [4.69, 9.17) is 16.7 Å². The number of sulfone groups is 1. The smallest absolute Gasteiger partial charge is 0.303 e. The fourth-order valence-corrected chi connectivity index (χ4v) is 3.25. The van der Waals surface area contributed by atoms with Crippen molar-refractivity contribution in [2.75, 3.05) is 5.75 Å². The molecule has 0 spiro atoms. The second kappa shape index (κ2) is 8.85. The third kappa shape index (κ3) is 7.29. The van der Waals surface area contributed by atoms with Crippen molar-refractivity contribution in [2.45, 2.75) is 37.0 Å². The van der Waals surface area contributed by atoms with Crippen LogP contribution in [-0.2, 0) is 14.6 Å². The number of carboxylic acids is 1. The number of halogens is 1. The highest BCUT2D eigenvalue weighted by Crippen LogP contribution is 2.16. The van der Waals surface area contributed by atoms with Crippen molar-refractivity contribution in [1.29, 1.82) is 0 Å². The quantitative estimate of drug-likeness (QED) is 0.553. The number of benzene rings is 1. The van der Waals surface area contributed by atoms with Crippen LogP contribution in [0.4, 0.5) is 0 Å². The molecule has 0 atom stereocenters. The van der Waals surface area contributed by atoms with Crippen molar-refractivity contribution in [3.8, 4) is 0 Å². The van der Waals surface area contributed by atoms with Gasteiger partial charge in [-0.15, -0.1) is 0 Å². The van der Waals surface area contributed by atoms with E-state index in [2.05, 4.69) is 0 Å². The van der Waals surface area contributed by atoms with Gasteiger partial charge < -0.3 is 5.11 Å². The first-order chi connectivity index (χ1) is 9.92. The first kappa shape index (κ1) is 17.7. The van der Waals surface area contributed by atoms with E-state index in [0.717, 1.165) is 12.8 Å². The fraction of sp³-hybridized carbons (Fsp3) is 0.400. The first-order valence-electron chi connectivity index (χ1n) is 6.77. The lowest BCUT2D eigenvalue weighted by Gasteiger charge is -2.03. The molecule has 1 aromatic carbocycles. The molecule has 0 aliphatic rings. The van der Waals surface area contributed by atoms with Crippen LogP contribution in [0.1, 0.15) is 32.1 Å². The average Bonchev–Trinajstić information content (AvgIpc) is 2.42. The van der Waals surface area contributed by atoms with Crippen molar-refractivity contribution in [3.05, 3.63) is 41.4 Å². The second-order valence-electron chi connectivity index (χ2n) is 4.67. The van der Waals surface area contributed by atoms with Crippen molar-refractivity contribution < 1.29 is 18.3 Å². The number of aliphatic carboxylic acids is 1. The van der Waals surface area contributed by atoms with Crippen LogP contribution in [-0.4, -0.2) is 25.2 Å². The fourth-order valence-electron chi connectivity index (χ4n) is 1.76. The van der Waals surface area contributed by atoms with Gasteiger partial charge in [0.2, 0.25) is 0 Å². The van der Waals surface area contributed by atoms with E-state index < -0.39 is 15.8 Å². The van der Waals surface area contributed by atoms with Gasteiger partial charge in [-0.05, 0) is 49.9 Å². The zero-order chi connectivity index (χ0) is 15.7. The Hall–Kier alpha value is -1.33. The van der Waals surface area contributed by atoms with Gasteiger partial charge in [0.25, 0.3) is 0 Å². The molecular formula is C15H19ClO4S. The molecule has 0 aliphatic carbocycles. The summed E-state index contributed by atoms with van der Waals surface area (Å²) in [4.78, 5) is 10.6. The SMILES string of the molecule is O=C(O)CCC=CCCCCS(=O)(=O)c1ccc(Cl)cc1. The number of hydrogen-bond donors (Lipinski definition) is 1. The predicted octanol–water partition coefficient (Wildman–Crippen LogP) is 3.71. The minimum absolute atomic E-state index is 0.109. The highest BCUT2D eigenvalue weighted by atomic mass is 35.5. The molecule has 0 unspecified atom stereocenters. The standard InChI is InChI=1S/C15H19ClO4S/c16-13-8-10-14(11-9-13)21(19,20)12-6-4-2-1-3-5-7-15(17)18/h1,3,8-11H,2,4-7,12H2,(H,17,18). The van der Waals surface area contributed by atoms with E-state index in [-0.39, 0.29) is 12.2 Å². The van der Waals surface area contributed by atoms with Gasteiger partial charge in [0, 0.05) is 11.4 Å². The van der Waals surface area contributed by atoms with Gasteiger partial charge >= 0.3 is 5.97 Å². The average molecular weight is 331 g/mol. The van der Waals surface area contributed by atoms with E-state index in [1.807, 2.05) is 12.2 Å². The maximum atomic E-state index is 12.0. The van der Waals surface area contributed by atoms with Gasteiger partial charge in [0.05, 0.1) is 10.6 Å². The van der Waals surface area contributed by atoms with Gasteiger partial charge in [-0.25, -0.2) is 8.42 Å². The van der Waals surface area contributed by atoms with Gasteiger partial charge in [0.15, 0.2) is 9.84 Å². The van der Waals surface area contributed by atoms with Crippen LogP contribution in [0.25, 0.3) is 0 Å². The van der Waals surface area contributed by atoms with Crippen LogP contribution in [0.15, 0.2) is 41.3 Å². The second-order valence-corrected chi connectivity index (χ2v) is 7.22. The molecule has 4 nitrogen and oxygen atoms in total. The zero-order valence-corrected chi connectivity index (χ0v) is 13.2. The molecule has 0 bridgehead atoms. The minimum atomic E-state index is -3.25. The van der Waals surface area contributed by atoms with Crippen LogP contribution < -0.4 is 0 Å². The molecule has 0 radical (unpaired) electrons. The zero-order valence-electron chi connectivity index (χ0n) is 11.7. The Morgan fingerprint density at radius 1 is 1.10 bits per heavy atom. The number of unbranched alkanes of at least 4 members (excludes halogenated alkanes) is 2. The molecule has 0 saturated carbocycles. The highest BCUT2D eigenvalue weighted by Gasteiger charge is 2.13. The Labute approximate surface area is 130 Å². The molecule has 1 aromatic rings. The highest BCUT2D eigenvalue weighted by molar-refractivity contribution is 7.91. The summed E-state index contributed by atoms with van der Waals surface area (Å²) >= 11 is 5.73. The summed E-state index contributed by atoms with van der Waals surface area (Å²) in [6.45, 7) is 0. The van der Waals surface area contributed by atoms with Crippen molar-refractivity contribution in [3.63, 3.8) is 0 Å². The third-order valence-corrected chi connectivity index (χ3v) is 4.97.